The second-order valence-electron chi connectivity index (χ2n) is 0.695. The van der Waals surface area contributed by atoms with Crippen LogP contribution in [0.3, 0.4) is 0 Å². The van der Waals surface area contributed by atoms with Gasteiger partial charge in [-0.05, 0) is 0 Å². The van der Waals surface area contributed by atoms with Gasteiger partial charge in [0, 0.05) is 21.3 Å². The highest BCUT2D eigenvalue weighted by atomic mass is 16.6. The molecular formula is C4H14O4. The Morgan fingerprint density at radius 3 is 1.38 bits per heavy atom. The maximum absolute atomic E-state index is 7.00. The molecule has 54 valence electrons. The first-order valence-electron chi connectivity index (χ1n) is 1.84. The van der Waals surface area contributed by atoms with Gasteiger partial charge >= 0.3 is 0 Å². The van der Waals surface area contributed by atoms with Crippen LogP contribution in [0.1, 0.15) is 0 Å². The Bertz CT molecular complexity index is 15.5. The van der Waals surface area contributed by atoms with Crippen molar-refractivity contribution >= 4 is 0 Å². The van der Waals surface area contributed by atoms with Crippen LogP contribution in [0.4, 0.5) is 0 Å². The lowest BCUT2D eigenvalue weighted by atomic mass is 11.4. The van der Waals surface area contributed by atoms with Gasteiger partial charge in [0.05, 0.1) is 0 Å². The number of aliphatic hydroxyl groups excluding tert-OH is 1. The van der Waals surface area contributed by atoms with Crippen LogP contribution in [0.15, 0.2) is 0 Å². The second-order valence-corrected chi connectivity index (χ2v) is 0.695. The average molecular weight is 126 g/mol. The predicted molar refractivity (Wildman–Crippen MR) is 30.6 cm³/mol. The zero-order chi connectivity index (χ0) is 6.12. The molecule has 0 aromatic heterocycles. The zero-order valence-electron chi connectivity index (χ0n) is 5.47. The van der Waals surface area contributed by atoms with Gasteiger partial charge in [0.1, 0.15) is 6.79 Å². The number of methoxy groups -OCH3 is 2. The molecule has 0 fully saturated rings. The minimum Gasteiger partial charge on any atom is -0.412 e. The number of ether oxygens (including phenoxy) is 2. The monoisotopic (exact) mass is 126 g/mol. The van der Waals surface area contributed by atoms with Crippen molar-refractivity contribution in [1.82, 2.24) is 0 Å². The Morgan fingerprint density at radius 1 is 1.12 bits per heavy atom. The molecule has 0 aromatic rings. The van der Waals surface area contributed by atoms with Crippen LogP contribution in [0.5, 0.6) is 0 Å². The molecule has 0 saturated heterocycles. The van der Waals surface area contributed by atoms with E-state index in [4.69, 9.17) is 5.11 Å². The molecule has 0 heterocycles. The van der Waals surface area contributed by atoms with Crippen LogP contribution in [-0.2, 0) is 9.47 Å². The number of rotatable bonds is 2. The first kappa shape index (κ1) is 15.7. The maximum Gasteiger partial charge on any atom is 0.145 e. The molecule has 0 saturated carbocycles. The molecule has 0 unspecified atom stereocenters. The van der Waals surface area contributed by atoms with Gasteiger partial charge in [-0.3, -0.25) is 0 Å². The standard InChI is InChI=1S/C3H8O2.CH4O.H2O/c1-4-3-5-2;1-2;/h3H2,1-2H3;2H,1H3;1H2. The molecule has 0 aliphatic rings. The first-order valence-corrected chi connectivity index (χ1v) is 1.84. The van der Waals surface area contributed by atoms with Gasteiger partial charge in [-0.25, -0.2) is 0 Å². The Balaban J connectivity index is -0.0000000750. The third kappa shape index (κ3) is 40.4. The fraction of sp³-hybridized carbons (Fsp3) is 1.00. The molecule has 0 rings (SSSR count). The molecule has 3 N–H and O–H groups in total. The van der Waals surface area contributed by atoms with E-state index >= 15 is 0 Å². The molecule has 0 amide bonds. The summed E-state index contributed by atoms with van der Waals surface area (Å²) in [4.78, 5) is 0. The molecule has 0 bridgehead atoms. The Kier molecular flexibility index (Phi) is 56.6. The van der Waals surface area contributed by atoms with Crippen molar-refractivity contribution < 1.29 is 20.1 Å². The van der Waals surface area contributed by atoms with E-state index in [1.54, 1.807) is 14.2 Å². The van der Waals surface area contributed by atoms with E-state index in [-0.39, 0.29) is 5.48 Å². The summed E-state index contributed by atoms with van der Waals surface area (Å²) in [5, 5.41) is 7.00. The highest BCUT2D eigenvalue weighted by molar-refractivity contribution is 3.84. The maximum atomic E-state index is 7.00. The van der Waals surface area contributed by atoms with Gasteiger partial charge in [0.15, 0.2) is 0 Å². The minimum absolute atomic E-state index is 0. The van der Waals surface area contributed by atoms with Crippen LogP contribution in [0.25, 0.3) is 0 Å². The van der Waals surface area contributed by atoms with Gasteiger partial charge in [0.2, 0.25) is 0 Å². The van der Waals surface area contributed by atoms with Crippen molar-refractivity contribution in [2.75, 3.05) is 28.1 Å². The Labute approximate surface area is 49.3 Å². The molecular weight excluding hydrogens is 112 g/mol. The molecule has 0 spiro atoms. The van der Waals surface area contributed by atoms with E-state index in [0.29, 0.717) is 6.79 Å². The fourth-order valence-corrected chi connectivity index (χ4v) is 0.118. The molecule has 0 radical (unpaired) electrons. The van der Waals surface area contributed by atoms with Crippen molar-refractivity contribution in [2.24, 2.45) is 0 Å². The first-order chi connectivity index (χ1) is 3.41. The molecule has 0 aromatic carbocycles. The lowest BCUT2D eigenvalue weighted by Crippen LogP contribution is -1.87. The second kappa shape index (κ2) is 28.9. The largest absolute Gasteiger partial charge is 0.412 e. The summed E-state index contributed by atoms with van der Waals surface area (Å²) in [5.74, 6) is 0. The topological polar surface area (TPSA) is 70.2 Å². The fourth-order valence-electron chi connectivity index (χ4n) is 0.118. The zero-order valence-corrected chi connectivity index (χ0v) is 5.47. The van der Waals surface area contributed by atoms with E-state index in [2.05, 4.69) is 9.47 Å². The van der Waals surface area contributed by atoms with Gasteiger partial charge in [-0.2, -0.15) is 0 Å². The van der Waals surface area contributed by atoms with Crippen LogP contribution >= 0.6 is 0 Å². The number of aliphatic hydroxyl groups is 1. The summed E-state index contributed by atoms with van der Waals surface area (Å²) in [7, 11) is 4.17. The summed E-state index contributed by atoms with van der Waals surface area (Å²) < 4.78 is 8.94. The van der Waals surface area contributed by atoms with Crippen LogP contribution in [0.2, 0.25) is 0 Å². The van der Waals surface area contributed by atoms with E-state index in [1.165, 1.54) is 0 Å². The van der Waals surface area contributed by atoms with Gasteiger partial charge < -0.3 is 20.1 Å². The Hall–Kier alpha value is -0.160. The van der Waals surface area contributed by atoms with Crippen molar-refractivity contribution in [3.63, 3.8) is 0 Å². The smallest absolute Gasteiger partial charge is 0.145 e. The van der Waals surface area contributed by atoms with E-state index in [1.807, 2.05) is 0 Å². The van der Waals surface area contributed by atoms with Crippen LogP contribution < -0.4 is 0 Å². The van der Waals surface area contributed by atoms with Crippen molar-refractivity contribution in [2.45, 2.75) is 0 Å². The summed E-state index contributed by atoms with van der Waals surface area (Å²) in [6.45, 7) is 0.389. The molecule has 8 heavy (non-hydrogen) atoms. The number of hydrogen-bond donors (Lipinski definition) is 1. The third-order valence-corrected chi connectivity index (χ3v) is 0.236. The van der Waals surface area contributed by atoms with E-state index in [0.717, 1.165) is 7.11 Å². The SMILES string of the molecule is CO.COCOC.O. The predicted octanol–water partition coefficient (Wildman–Crippen LogP) is -0.980. The lowest BCUT2D eigenvalue weighted by molar-refractivity contribution is -0.00271. The van der Waals surface area contributed by atoms with Crippen molar-refractivity contribution in [3.05, 3.63) is 0 Å². The number of hydrogen-bond acceptors (Lipinski definition) is 3. The lowest BCUT2D eigenvalue weighted by Gasteiger charge is -1.87. The summed E-state index contributed by atoms with van der Waals surface area (Å²) in [6.07, 6.45) is 0. The molecule has 0 atom stereocenters. The third-order valence-electron chi connectivity index (χ3n) is 0.236. The van der Waals surface area contributed by atoms with Crippen molar-refractivity contribution in [3.8, 4) is 0 Å². The Morgan fingerprint density at radius 2 is 1.38 bits per heavy atom. The normalized spacial score (nSPS) is 6.00. The van der Waals surface area contributed by atoms with Gasteiger partial charge in [-0.1, -0.05) is 0 Å². The van der Waals surface area contributed by atoms with Crippen LogP contribution in [-0.4, -0.2) is 38.7 Å². The van der Waals surface area contributed by atoms with Gasteiger partial charge in [-0.15, -0.1) is 0 Å². The summed E-state index contributed by atoms with van der Waals surface area (Å²) >= 11 is 0. The quantitative estimate of drug-likeness (QED) is 0.483. The molecule has 4 nitrogen and oxygen atoms in total. The summed E-state index contributed by atoms with van der Waals surface area (Å²) in [6, 6.07) is 0. The van der Waals surface area contributed by atoms with E-state index in [9.17, 15) is 0 Å². The average Bonchev–Trinajstić information content (AvgIpc) is 1.75. The highest BCUT2D eigenvalue weighted by Gasteiger charge is 1.63. The molecule has 0 aliphatic carbocycles. The van der Waals surface area contributed by atoms with E-state index < -0.39 is 0 Å². The highest BCUT2D eigenvalue weighted by Crippen LogP contribution is 1.60. The summed E-state index contributed by atoms with van der Waals surface area (Å²) in [5.41, 5.74) is 0. The van der Waals surface area contributed by atoms with Gasteiger partial charge in [0.25, 0.3) is 0 Å². The molecule has 4 heteroatoms. The van der Waals surface area contributed by atoms with Crippen molar-refractivity contribution in [1.29, 1.82) is 0 Å². The molecule has 0 aliphatic heterocycles. The van der Waals surface area contributed by atoms with Crippen LogP contribution in [0, 0.1) is 0 Å². The minimum atomic E-state index is 0.